The van der Waals surface area contributed by atoms with Crippen LogP contribution in [0.2, 0.25) is 0 Å². The van der Waals surface area contributed by atoms with Gasteiger partial charge >= 0.3 is 5.97 Å². The first-order valence-corrected chi connectivity index (χ1v) is 7.87. The molecule has 5 nitrogen and oxygen atoms in total. The summed E-state index contributed by atoms with van der Waals surface area (Å²) in [6.45, 7) is 2.36. The van der Waals surface area contributed by atoms with Gasteiger partial charge in [-0.3, -0.25) is 0 Å². The Morgan fingerprint density at radius 3 is 2.58 bits per heavy atom. The van der Waals surface area contributed by atoms with Crippen LogP contribution >= 0.6 is 0 Å². The molecule has 0 radical (unpaired) electrons. The highest BCUT2D eigenvalue weighted by Gasteiger charge is 2.10. The van der Waals surface area contributed by atoms with Gasteiger partial charge in [-0.15, -0.1) is 0 Å². The Morgan fingerprint density at radius 1 is 1.17 bits per heavy atom. The monoisotopic (exact) mass is 329 g/mol. The molecule has 2 aromatic carbocycles. The van der Waals surface area contributed by atoms with Crippen LogP contribution < -0.4 is 10.5 Å². The number of carbonyl (C=O) groups is 1. The van der Waals surface area contributed by atoms with E-state index in [0.29, 0.717) is 18.6 Å². The molecule has 0 aliphatic heterocycles. The van der Waals surface area contributed by atoms with Crippen molar-refractivity contribution < 1.29 is 19.0 Å². The summed E-state index contributed by atoms with van der Waals surface area (Å²) < 4.78 is 15.3. The molecule has 0 aromatic heterocycles. The molecule has 5 heteroatoms. The van der Waals surface area contributed by atoms with Crippen LogP contribution in [-0.2, 0) is 15.9 Å². The second-order valence-electron chi connectivity index (χ2n) is 5.35. The van der Waals surface area contributed by atoms with E-state index in [0.717, 1.165) is 16.9 Å². The van der Waals surface area contributed by atoms with Gasteiger partial charge in [0.2, 0.25) is 0 Å². The van der Waals surface area contributed by atoms with Crippen LogP contribution in [0.5, 0.6) is 5.75 Å². The maximum Gasteiger partial charge on any atom is 0.338 e. The van der Waals surface area contributed by atoms with Gasteiger partial charge in [0.25, 0.3) is 0 Å². The molecule has 2 N–H and O–H groups in total. The molecule has 2 aromatic rings. The summed E-state index contributed by atoms with van der Waals surface area (Å²) >= 11 is 0. The first-order chi connectivity index (χ1) is 11.6. The van der Waals surface area contributed by atoms with Gasteiger partial charge in [-0.05, 0) is 48.7 Å². The van der Waals surface area contributed by atoms with E-state index in [1.807, 2.05) is 36.4 Å². The number of rotatable bonds is 8. The Morgan fingerprint density at radius 2 is 1.92 bits per heavy atom. The Bertz CT molecular complexity index is 655. The Hall–Kier alpha value is -2.37. The lowest BCUT2D eigenvalue weighted by molar-refractivity contribution is 0.0509. The second-order valence-corrected chi connectivity index (χ2v) is 5.35. The lowest BCUT2D eigenvalue weighted by Crippen LogP contribution is -2.14. The average Bonchev–Trinajstić information content (AvgIpc) is 2.61. The molecule has 0 saturated carbocycles. The minimum atomic E-state index is -0.309. The summed E-state index contributed by atoms with van der Waals surface area (Å²) in [6.07, 6.45) is 0.664. The largest absolute Gasteiger partial charge is 0.468 e. The highest BCUT2D eigenvalue weighted by Crippen LogP contribution is 2.21. The fraction of sp³-hybridized carbons (Fsp3) is 0.316. The van der Waals surface area contributed by atoms with Crippen LogP contribution in [0.4, 0.5) is 0 Å². The maximum atomic E-state index is 11.7. The first kappa shape index (κ1) is 18.0. The zero-order chi connectivity index (χ0) is 17.4. The van der Waals surface area contributed by atoms with Crippen molar-refractivity contribution >= 4 is 5.97 Å². The van der Waals surface area contributed by atoms with Gasteiger partial charge in [-0.25, -0.2) is 4.79 Å². The summed E-state index contributed by atoms with van der Waals surface area (Å²) in [5.74, 6) is 0.416. The van der Waals surface area contributed by atoms with Crippen LogP contribution in [0.15, 0.2) is 48.5 Å². The number of esters is 1. The van der Waals surface area contributed by atoms with Crippen molar-refractivity contribution in [3.8, 4) is 5.75 Å². The highest BCUT2D eigenvalue weighted by atomic mass is 16.7. The van der Waals surface area contributed by atoms with Gasteiger partial charge in [-0.1, -0.05) is 24.3 Å². The predicted molar refractivity (Wildman–Crippen MR) is 92.0 cm³/mol. The van der Waals surface area contributed by atoms with Gasteiger partial charge in [-0.2, -0.15) is 0 Å². The topological polar surface area (TPSA) is 70.8 Å². The predicted octanol–water partition coefficient (Wildman–Crippen LogP) is 3.09. The van der Waals surface area contributed by atoms with Crippen LogP contribution in [0, 0.1) is 0 Å². The van der Waals surface area contributed by atoms with Crippen molar-refractivity contribution in [2.75, 3.05) is 20.5 Å². The van der Waals surface area contributed by atoms with E-state index in [9.17, 15) is 4.79 Å². The molecule has 0 fully saturated rings. The summed E-state index contributed by atoms with van der Waals surface area (Å²) in [6, 6.07) is 14.8. The molecule has 0 aliphatic carbocycles. The highest BCUT2D eigenvalue weighted by molar-refractivity contribution is 5.89. The van der Waals surface area contributed by atoms with Crippen LogP contribution in [0.25, 0.3) is 0 Å². The van der Waals surface area contributed by atoms with Crippen molar-refractivity contribution in [2.24, 2.45) is 5.73 Å². The SMILES string of the molecule is CCOC(=O)c1ccc(CC(N)c2cccc(OCOC)c2)cc1. The number of carbonyl (C=O) groups excluding carboxylic acids is 1. The van der Waals surface area contributed by atoms with E-state index < -0.39 is 0 Å². The molecule has 0 heterocycles. The summed E-state index contributed by atoms with van der Waals surface area (Å²) in [7, 11) is 1.58. The molecule has 0 amide bonds. The van der Waals surface area contributed by atoms with Gasteiger partial charge in [0.05, 0.1) is 12.2 Å². The lowest BCUT2D eigenvalue weighted by Gasteiger charge is -2.14. The van der Waals surface area contributed by atoms with Crippen molar-refractivity contribution in [1.82, 2.24) is 0 Å². The van der Waals surface area contributed by atoms with Crippen LogP contribution in [-0.4, -0.2) is 26.5 Å². The number of hydrogen-bond acceptors (Lipinski definition) is 5. The molecule has 0 saturated heterocycles. The number of benzene rings is 2. The maximum absolute atomic E-state index is 11.7. The third kappa shape index (κ3) is 5.08. The Balaban J connectivity index is 2.01. The summed E-state index contributed by atoms with van der Waals surface area (Å²) in [5, 5.41) is 0. The Labute approximate surface area is 142 Å². The van der Waals surface area contributed by atoms with E-state index >= 15 is 0 Å². The van der Waals surface area contributed by atoms with Gasteiger partial charge in [0.1, 0.15) is 5.75 Å². The molecule has 1 unspecified atom stereocenters. The third-order valence-corrected chi connectivity index (χ3v) is 3.55. The second kappa shape index (κ2) is 9.05. The minimum absolute atomic E-state index is 0.162. The molecule has 0 aliphatic rings. The van der Waals surface area contributed by atoms with E-state index in [1.54, 1.807) is 26.2 Å². The molecule has 0 bridgehead atoms. The molecular weight excluding hydrogens is 306 g/mol. The molecule has 128 valence electrons. The van der Waals surface area contributed by atoms with Crippen molar-refractivity contribution in [2.45, 2.75) is 19.4 Å². The molecule has 0 spiro atoms. The quantitative estimate of drug-likeness (QED) is 0.595. The number of ether oxygens (including phenoxy) is 3. The number of methoxy groups -OCH3 is 1. The fourth-order valence-corrected chi connectivity index (χ4v) is 2.33. The standard InChI is InChI=1S/C19H23NO4/c1-3-23-19(21)15-9-7-14(8-10-15)11-18(20)16-5-4-6-17(12-16)24-13-22-2/h4-10,12,18H,3,11,13,20H2,1-2H3. The summed E-state index contributed by atoms with van der Waals surface area (Å²) in [5.41, 5.74) is 8.88. The van der Waals surface area contributed by atoms with E-state index in [1.165, 1.54) is 0 Å². The van der Waals surface area contributed by atoms with Crippen molar-refractivity contribution in [1.29, 1.82) is 0 Å². The van der Waals surface area contributed by atoms with E-state index in [-0.39, 0.29) is 18.8 Å². The fourth-order valence-electron chi connectivity index (χ4n) is 2.33. The first-order valence-electron chi connectivity index (χ1n) is 7.87. The lowest BCUT2D eigenvalue weighted by atomic mass is 9.99. The van der Waals surface area contributed by atoms with Gasteiger partial charge in [0.15, 0.2) is 6.79 Å². The van der Waals surface area contributed by atoms with Crippen molar-refractivity contribution in [3.63, 3.8) is 0 Å². The third-order valence-electron chi connectivity index (χ3n) is 3.55. The normalized spacial score (nSPS) is 11.8. The zero-order valence-electron chi connectivity index (χ0n) is 14.0. The van der Waals surface area contributed by atoms with E-state index in [4.69, 9.17) is 19.9 Å². The van der Waals surface area contributed by atoms with E-state index in [2.05, 4.69) is 0 Å². The molecule has 2 rings (SSSR count). The molecule has 24 heavy (non-hydrogen) atoms. The van der Waals surface area contributed by atoms with Gasteiger partial charge < -0.3 is 19.9 Å². The summed E-state index contributed by atoms with van der Waals surface area (Å²) in [4.78, 5) is 11.7. The van der Waals surface area contributed by atoms with Crippen LogP contribution in [0.3, 0.4) is 0 Å². The molecular formula is C19H23NO4. The number of hydrogen-bond donors (Lipinski definition) is 1. The number of nitrogens with two attached hydrogens (primary N) is 1. The minimum Gasteiger partial charge on any atom is -0.468 e. The average molecular weight is 329 g/mol. The smallest absolute Gasteiger partial charge is 0.338 e. The van der Waals surface area contributed by atoms with Gasteiger partial charge in [0, 0.05) is 13.2 Å². The van der Waals surface area contributed by atoms with Crippen molar-refractivity contribution in [3.05, 3.63) is 65.2 Å². The van der Waals surface area contributed by atoms with Crippen LogP contribution in [0.1, 0.15) is 34.5 Å². The Kier molecular flexibility index (Phi) is 6.78. The zero-order valence-corrected chi connectivity index (χ0v) is 14.0. The molecule has 1 atom stereocenters.